The van der Waals surface area contributed by atoms with Crippen LogP contribution in [0, 0.1) is 0 Å². The van der Waals surface area contributed by atoms with Crippen molar-refractivity contribution in [3.8, 4) is 5.75 Å². The number of benzene rings is 2. The first-order valence-electron chi connectivity index (χ1n) is 7.91. The largest absolute Gasteiger partial charge is 0.489 e. The standard InChI is InChI=1S/C20H16BrNO3S/c1-2-11-25-17-6-4-3-5-15(17)12-18-19(23)22(20(24)26-18)13-14-7-9-16(21)10-8-14/h2-10,12H,1,11,13H2/b18-12-. The summed E-state index contributed by atoms with van der Waals surface area (Å²) in [7, 11) is 0. The summed E-state index contributed by atoms with van der Waals surface area (Å²) in [6.45, 7) is 4.26. The molecule has 1 fully saturated rings. The highest BCUT2D eigenvalue weighted by Gasteiger charge is 2.35. The number of rotatable bonds is 6. The van der Waals surface area contributed by atoms with E-state index in [0.717, 1.165) is 27.4 Å². The van der Waals surface area contributed by atoms with Crippen molar-refractivity contribution in [2.45, 2.75) is 6.54 Å². The third-order valence-electron chi connectivity index (χ3n) is 3.69. The Hall–Kier alpha value is -2.31. The minimum Gasteiger partial charge on any atom is -0.489 e. The number of thioether (sulfide) groups is 1. The lowest BCUT2D eigenvalue weighted by atomic mass is 10.1. The second-order valence-corrected chi connectivity index (χ2v) is 7.44. The molecule has 0 aliphatic carbocycles. The van der Waals surface area contributed by atoms with Crippen LogP contribution in [0.5, 0.6) is 5.75 Å². The Balaban J connectivity index is 1.81. The molecule has 1 aliphatic rings. The Morgan fingerprint density at radius 1 is 1.12 bits per heavy atom. The molecule has 2 aromatic carbocycles. The van der Waals surface area contributed by atoms with Gasteiger partial charge < -0.3 is 4.74 Å². The number of hydrogen-bond donors (Lipinski definition) is 0. The fraction of sp³-hybridized carbons (Fsp3) is 0.100. The fourth-order valence-corrected chi connectivity index (χ4v) is 3.52. The summed E-state index contributed by atoms with van der Waals surface area (Å²) in [5, 5.41) is -0.270. The van der Waals surface area contributed by atoms with Crippen LogP contribution in [-0.2, 0) is 11.3 Å². The van der Waals surface area contributed by atoms with Gasteiger partial charge in [-0.05, 0) is 41.6 Å². The minimum absolute atomic E-state index is 0.254. The molecular weight excluding hydrogens is 414 g/mol. The Morgan fingerprint density at radius 2 is 1.85 bits per heavy atom. The first kappa shape index (κ1) is 18.5. The summed E-state index contributed by atoms with van der Waals surface area (Å²) in [5.74, 6) is 0.355. The number of carbonyl (C=O) groups is 2. The highest BCUT2D eigenvalue weighted by Crippen LogP contribution is 2.34. The van der Waals surface area contributed by atoms with Crippen molar-refractivity contribution >= 4 is 44.9 Å². The second-order valence-electron chi connectivity index (χ2n) is 5.53. The predicted octanol–water partition coefficient (Wildman–Crippen LogP) is 5.25. The van der Waals surface area contributed by atoms with Crippen LogP contribution in [0.15, 0.2) is 70.6 Å². The smallest absolute Gasteiger partial charge is 0.293 e. The molecule has 2 aromatic rings. The predicted molar refractivity (Wildman–Crippen MR) is 108 cm³/mol. The Bertz CT molecular complexity index is 877. The lowest BCUT2D eigenvalue weighted by Crippen LogP contribution is -2.27. The monoisotopic (exact) mass is 429 g/mol. The molecule has 0 bridgehead atoms. The van der Waals surface area contributed by atoms with E-state index in [4.69, 9.17) is 4.74 Å². The highest BCUT2D eigenvalue weighted by atomic mass is 79.9. The molecule has 0 aromatic heterocycles. The molecule has 0 radical (unpaired) electrons. The molecule has 1 aliphatic heterocycles. The maximum absolute atomic E-state index is 12.7. The molecule has 0 unspecified atom stereocenters. The second kappa shape index (κ2) is 8.38. The van der Waals surface area contributed by atoms with Gasteiger partial charge in [-0.2, -0.15) is 0 Å². The molecule has 6 heteroatoms. The molecule has 0 N–H and O–H groups in total. The SMILES string of the molecule is C=CCOc1ccccc1/C=C1\SC(=O)N(Cc2ccc(Br)cc2)C1=O. The minimum atomic E-state index is -0.290. The number of amides is 2. The molecule has 1 heterocycles. The molecule has 0 atom stereocenters. The number of halogens is 1. The zero-order chi connectivity index (χ0) is 18.5. The number of carbonyl (C=O) groups excluding carboxylic acids is 2. The maximum Gasteiger partial charge on any atom is 0.293 e. The van der Waals surface area contributed by atoms with E-state index < -0.39 is 0 Å². The maximum atomic E-state index is 12.7. The first-order chi connectivity index (χ1) is 12.6. The van der Waals surface area contributed by atoms with Crippen molar-refractivity contribution in [2.75, 3.05) is 6.61 Å². The zero-order valence-electron chi connectivity index (χ0n) is 13.9. The van der Waals surface area contributed by atoms with E-state index >= 15 is 0 Å². The third-order valence-corrected chi connectivity index (χ3v) is 5.13. The van der Waals surface area contributed by atoms with Crippen LogP contribution in [0.25, 0.3) is 6.08 Å². The van der Waals surface area contributed by atoms with E-state index in [1.54, 1.807) is 12.2 Å². The van der Waals surface area contributed by atoms with Gasteiger partial charge in [0.25, 0.3) is 11.1 Å². The highest BCUT2D eigenvalue weighted by molar-refractivity contribution is 9.10. The van der Waals surface area contributed by atoms with E-state index in [1.807, 2.05) is 48.5 Å². The summed E-state index contributed by atoms with van der Waals surface area (Å²) in [6.07, 6.45) is 3.35. The van der Waals surface area contributed by atoms with Crippen LogP contribution in [0.3, 0.4) is 0 Å². The number of para-hydroxylation sites is 1. The normalized spacial score (nSPS) is 15.6. The van der Waals surface area contributed by atoms with Gasteiger partial charge in [0, 0.05) is 10.0 Å². The van der Waals surface area contributed by atoms with Crippen molar-refractivity contribution in [1.82, 2.24) is 4.90 Å². The van der Waals surface area contributed by atoms with Gasteiger partial charge >= 0.3 is 0 Å². The molecule has 3 rings (SSSR count). The van der Waals surface area contributed by atoms with Crippen LogP contribution < -0.4 is 4.74 Å². The van der Waals surface area contributed by atoms with Crippen LogP contribution in [0.1, 0.15) is 11.1 Å². The van der Waals surface area contributed by atoms with Gasteiger partial charge in [-0.15, -0.1) is 0 Å². The van der Waals surface area contributed by atoms with E-state index in [1.165, 1.54) is 4.90 Å². The third kappa shape index (κ3) is 4.26. The molecule has 1 saturated heterocycles. The van der Waals surface area contributed by atoms with Crippen molar-refractivity contribution in [1.29, 1.82) is 0 Å². The molecule has 0 saturated carbocycles. The van der Waals surface area contributed by atoms with E-state index in [-0.39, 0.29) is 17.7 Å². The number of nitrogens with zero attached hydrogens (tertiary/aromatic N) is 1. The quantitative estimate of drug-likeness (QED) is 0.464. The Labute approximate surface area is 164 Å². The summed E-state index contributed by atoms with van der Waals surface area (Å²) in [5.41, 5.74) is 1.65. The van der Waals surface area contributed by atoms with Crippen molar-refractivity contribution in [2.24, 2.45) is 0 Å². The zero-order valence-corrected chi connectivity index (χ0v) is 16.3. The lowest BCUT2D eigenvalue weighted by Gasteiger charge is -2.12. The van der Waals surface area contributed by atoms with Gasteiger partial charge in [-0.1, -0.05) is 58.9 Å². The van der Waals surface area contributed by atoms with Crippen LogP contribution in [0.4, 0.5) is 4.79 Å². The number of ether oxygens (including phenoxy) is 1. The van der Waals surface area contributed by atoms with Crippen LogP contribution in [0.2, 0.25) is 0 Å². The summed E-state index contributed by atoms with van der Waals surface area (Å²) < 4.78 is 6.56. The molecule has 2 amide bonds. The van der Waals surface area contributed by atoms with Gasteiger partial charge in [0.2, 0.25) is 0 Å². The first-order valence-corrected chi connectivity index (χ1v) is 9.52. The van der Waals surface area contributed by atoms with Crippen molar-refractivity contribution < 1.29 is 14.3 Å². The molecule has 132 valence electrons. The van der Waals surface area contributed by atoms with E-state index in [9.17, 15) is 9.59 Å². The number of hydrogen-bond acceptors (Lipinski definition) is 4. The van der Waals surface area contributed by atoms with Gasteiger partial charge in [0.05, 0.1) is 11.4 Å². The van der Waals surface area contributed by atoms with Gasteiger partial charge in [-0.25, -0.2) is 0 Å². The van der Waals surface area contributed by atoms with Gasteiger partial charge in [0.15, 0.2) is 0 Å². The summed E-state index contributed by atoms with van der Waals surface area (Å²) in [4.78, 5) is 26.6. The van der Waals surface area contributed by atoms with Crippen LogP contribution >= 0.6 is 27.7 Å². The number of imide groups is 1. The van der Waals surface area contributed by atoms with Gasteiger partial charge in [-0.3, -0.25) is 14.5 Å². The fourth-order valence-electron chi connectivity index (χ4n) is 2.43. The van der Waals surface area contributed by atoms with E-state index in [2.05, 4.69) is 22.5 Å². The topological polar surface area (TPSA) is 46.6 Å². The molecule has 0 spiro atoms. The Kier molecular flexibility index (Phi) is 5.96. The average molecular weight is 430 g/mol. The van der Waals surface area contributed by atoms with E-state index in [0.29, 0.717) is 17.3 Å². The summed E-state index contributed by atoms with van der Waals surface area (Å²) in [6, 6.07) is 14.9. The lowest BCUT2D eigenvalue weighted by molar-refractivity contribution is -0.123. The molecule has 26 heavy (non-hydrogen) atoms. The van der Waals surface area contributed by atoms with Crippen molar-refractivity contribution in [3.63, 3.8) is 0 Å². The van der Waals surface area contributed by atoms with Crippen LogP contribution in [-0.4, -0.2) is 22.7 Å². The summed E-state index contributed by atoms with van der Waals surface area (Å²) >= 11 is 4.32. The van der Waals surface area contributed by atoms with Gasteiger partial charge in [0.1, 0.15) is 12.4 Å². The average Bonchev–Trinajstić information content (AvgIpc) is 2.90. The molecular formula is C20H16BrNO3S. The van der Waals surface area contributed by atoms with Crippen molar-refractivity contribution in [3.05, 3.63) is 81.7 Å². The Morgan fingerprint density at radius 3 is 2.58 bits per heavy atom. The molecule has 4 nitrogen and oxygen atoms in total.